The molecule has 1 aliphatic heterocycles. The van der Waals surface area contributed by atoms with Gasteiger partial charge in [0.1, 0.15) is 0 Å². The van der Waals surface area contributed by atoms with Crippen LogP contribution in [0.25, 0.3) is 0 Å². The standard InChI is InChI=1S/C9H20N2O/c1-3-11(2)7-9(6-10)4-5-12-8-9/h3-8,10H2,1-2H3. The van der Waals surface area contributed by atoms with E-state index >= 15 is 0 Å². The lowest BCUT2D eigenvalue weighted by Crippen LogP contribution is -2.41. The number of rotatable bonds is 4. The molecule has 1 aliphatic rings. The van der Waals surface area contributed by atoms with Crippen molar-refractivity contribution in [2.45, 2.75) is 13.3 Å². The fourth-order valence-corrected chi connectivity index (χ4v) is 1.68. The maximum Gasteiger partial charge on any atom is 0.0547 e. The Hall–Kier alpha value is -0.120. The third kappa shape index (κ3) is 2.19. The highest BCUT2D eigenvalue weighted by molar-refractivity contribution is 4.86. The van der Waals surface area contributed by atoms with Gasteiger partial charge in [-0.2, -0.15) is 0 Å². The summed E-state index contributed by atoms with van der Waals surface area (Å²) in [6, 6.07) is 0. The van der Waals surface area contributed by atoms with E-state index in [4.69, 9.17) is 10.5 Å². The van der Waals surface area contributed by atoms with Crippen molar-refractivity contribution in [3.8, 4) is 0 Å². The van der Waals surface area contributed by atoms with Gasteiger partial charge >= 0.3 is 0 Å². The third-order valence-electron chi connectivity index (χ3n) is 2.76. The van der Waals surface area contributed by atoms with Crippen molar-refractivity contribution in [3.63, 3.8) is 0 Å². The fraction of sp³-hybridized carbons (Fsp3) is 1.00. The minimum atomic E-state index is 0.241. The lowest BCUT2D eigenvalue weighted by molar-refractivity contribution is 0.127. The number of ether oxygens (including phenoxy) is 1. The first-order valence-corrected chi connectivity index (χ1v) is 4.69. The smallest absolute Gasteiger partial charge is 0.0547 e. The summed E-state index contributed by atoms with van der Waals surface area (Å²) in [6.07, 6.45) is 1.12. The summed E-state index contributed by atoms with van der Waals surface area (Å²) in [4.78, 5) is 2.31. The molecule has 1 atom stereocenters. The topological polar surface area (TPSA) is 38.5 Å². The third-order valence-corrected chi connectivity index (χ3v) is 2.76. The molecule has 0 amide bonds. The molecule has 0 radical (unpaired) electrons. The average molecular weight is 172 g/mol. The zero-order valence-electron chi connectivity index (χ0n) is 8.18. The fourth-order valence-electron chi connectivity index (χ4n) is 1.68. The highest BCUT2D eigenvalue weighted by Crippen LogP contribution is 2.27. The van der Waals surface area contributed by atoms with Gasteiger partial charge in [-0.25, -0.2) is 0 Å². The second-order valence-electron chi connectivity index (χ2n) is 3.84. The van der Waals surface area contributed by atoms with Crippen LogP contribution < -0.4 is 5.73 Å². The summed E-state index contributed by atoms with van der Waals surface area (Å²) in [5.74, 6) is 0. The molecule has 3 nitrogen and oxygen atoms in total. The SMILES string of the molecule is CCN(C)CC1(CN)CCOC1. The van der Waals surface area contributed by atoms with Gasteiger partial charge in [0.25, 0.3) is 0 Å². The van der Waals surface area contributed by atoms with E-state index in [1.165, 1.54) is 0 Å². The Morgan fingerprint density at radius 1 is 1.58 bits per heavy atom. The van der Waals surface area contributed by atoms with Gasteiger partial charge in [-0.1, -0.05) is 6.92 Å². The van der Waals surface area contributed by atoms with Gasteiger partial charge < -0.3 is 15.4 Å². The van der Waals surface area contributed by atoms with Crippen LogP contribution in [0.15, 0.2) is 0 Å². The van der Waals surface area contributed by atoms with E-state index in [9.17, 15) is 0 Å². The largest absolute Gasteiger partial charge is 0.381 e. The number of nitrogens with two attached hydrogens (primary N) is 1. The minimum absolute atomic E-state index is 0.241. The second-order valence-corrected chi connectivity index (χ2v) is 3.84. The molecule has 12 heavy (non-hydrogen) atoms. The minimum Gasteiger partial charge on any atom is -0.381 e. The van der Waals surface area contributed by atoms with Crippen molar-refractivity contribution in [1.29, 1.82) is 0 Å². The summed E-state index contributed by atoms with van der Waals surface area (Å²) in [5, 5.41) is 0. The van der Waals surface area contributed by atoms with Gasteiger partial charge in [-0.05, 0) is 20.0 Å². The zero-order chi connectivity index (χ0) is 9.03. The van der Waals surface area contributed by atoms with Crippen LogP contribution >= 0.6 is 0 Å². The molecule has 0 spiro atoms. The Balaban J connectivity index is 2.43. The van der Waals surface area contributed by atoms with Crippen molar-refractivity contribution in [1.82, 2.24) is 4.90 Å². The summed E-state index contributed by atoms with van der Waals surface area (Å²) in [5.41, 5.74) is 6.01. The van der Waals surface area contributed by atoms with E-state index in [-0.39, 0.29) is 5.41 Å². The first-order valence-electron chi connectivity index (χ1n) is 4.69. The molecular weight excluding hydrogens is 152 g/mol. The molecule has 1 unspecified atom stereocenters. The summed E-state index contributed by atoms with van der Waals surface area (Å²) in [7, 11) is 2.13. The van der Waals surface area contributed by atoms with E-state index in [1.54, 1.807) is 0 Å². The maximum atomic E-state index is 5.77. The Kier molecular flexibility index (Phi) is 3.50. The Morgan fingerprint density at radius 2 is 2.33 bits per heavy atom. The summed E-state index contributed by atoms with van der Waals surface area (Å²) < 4.78 is 5.39. The molecule has 0 aromatic carbocycles. The number of hydrogen-bond donors (Lipinski definition) is 1. The lowest BCUT2D eigenvalue weighted by Gasteiger charge is -2.30. The van der Waals surface area contributed by atoms with Gasteiger partial charge in [0.2, 0.25) is 0 Å². The van der Waals surface area contributed by atoms with Crippen molar-refractivity contribution < 1.29 is 4.74 Å². The van der Waals surface area contributed by atoms with Crippen LogP contribution in [0.4, 0.5) is 0 Å². The van der Waals surface area contributed by atoms with Crippen LogP contribution in [0.5, 0.6) is 0 Å². The molecule has 1 saturated heterocycles. The van der Waals surface area contributed by atoms with Crippen LogP contribution in [0.3, 0.4) is 0 Å². The lowest BCUT2D eigenvalue weighted by atomic mass is 9.87. The van der Waals surface area contributed by atoms with E-state index in [0.29, 0.717) is 0 Å². The molecule has 1 rings (SSSR count). The first kappa shape index (κ1) is 9.96. The second kappa shape index (κ2) is 4.21. The molecule has 3 heteroatoms. The highest BCUT2D eigenvalue weighted by Gasteiger charge is 2.34. The van der Waals surface area contributed by atoms with Crippen LogP contribution in [0, 0.1) is 5.41 Å². The Morgan fingerprint density at radius 3 is 2.75 bits per heavy atom. The highest BCUT2D eigenvalue weighted by atomic mass is 16.5. The van der Waals surface area contributed by atoms with Gasteiger partial charge in [0.05, 0.1) is 6.61 Å². The number of nitrogens with zero attached hydrogens (tertiary/aromatic N) is 1. The molecule has 1 heterocycles. The van der Waals surface area contributed by atoms with E-state index in [1.807, 2.05) is 0 Å². The monoisotopic (exact) mass is 172 g/mol. The van der Waals surface area contributed by atoms with Gasteiger partial charge in [0.15, 0.2) is 0 Å². The quantitative estimate of drug-likeness (QED) is 0.663. The Labute approximate surface area is 74.9 Å². The number of hydrogen-bond acceptors (Lipinski definition) is 3. The average Bonchev–Trinajstić information content (AvgIpc) is 2.54. The predicted octanol–water partition coefficient (Wildman–Crippen LogP) is 0.303. The summed E-state index contributed by atoms with van der Waals surface area (Å²) >= 11 is 0. The summed E-state index contributed by atoms with van der Waals surface area (Å²) in [6.45, 7) is 6.79. The maximum absolute atomic E-state index is 5.77. The van der Waals surface area contributed by atoms with Crippen molar-refractivity contribution >= 4 is 0 Å². The van der Waals surface area contributed by atoms with Gasteiger partial charge in [0, 0.05) is 25.1 Å². The van der Waals surface area contributed by atoms with E-state index in [0.717, 1.165) is 39.3 Å². The molecule has 1 fully saturated rings. The normalized spacial score (nSPS) is 30.0. The van der Waals surface area contributed by atoms with Crippen molar-refractivity contribution in [2.75, 3.05) is 39.9 Å². The molecular formula is C9H20N2O. The Bertz CT molecular complexity index is 132. The first-order chi connectivity index (χ1) is 5.72. The van der Waals surface area contributed by atoms with Gasteiger partial charge in [-0.15, -0.1) is 0 Å². The van der Waals surface area contributed by atoms with Crippen molar-refractivity contribution in [3.05, 3.63) is 0 Å². The molecule has 72 valence electrons. The van der Waals surface area contributed by atoms with Gasteiger partial charge in [-0.3, -0.25) is 0 Å². The van der Waals surface area contributed by atoms with E-state index in [2.05, 4.69) is 18.9 Å². The van der Waals surface area contributed by atoms with Crippen LogP contribution in [0.2, 0.25) is 0 Å². The molecule has 0 bridgehead atoms. The molecule has 0 saturated carbocycles. The van der Waals surface area contributed by atoms with Crippen LogP contribution in [0.1, 0.15) is 13.3 Å². The van der Waals surface area contributed by atoms with Crippen LogP contribution in [-0.4, -0.2) is 44.8 Å². The molecule has 0 aromatic rings. The predicted molar refractivity (Wildman–Crippen MR) is 50.1 cm³/mol. The molecule has 0 aliphatic carbocycles. The zero-order valence-corrected chi connectivity index (χ0v) is 8.18. The molecule has 2 N–H and O–H groups in total. The van der Waals surface area contributed by atoms with Crippen molar-refractivity contribution in [2.24, 2.45) is 11.1 Å². The van der Waals surface area contributed by atoms with Crippen LogP contribution in [-0.2, 0) is 4.74 Å². The van der Waals surface area contributed by atoms with E-state index < -0.39 is 0 Å². The molecule has 0 aromatic heterocycles.